The number of nitrogens with zero attached hydrogens (tertiary/aromatic N) is 3. The SMILES string of the molecule is CC(=O)N1N=C[C@@H](C)[C@@H]1C(=O)N1CCOC1=O. The Kier molecular flexibility index (Phi) is 2.83. The fourth-order valence-corrected chi connectivity index (χ4v) is 1.91. The van der Waals surface area contributed by atoms with Crippen molar-refractivity contribution in [1.82, 2.24) is 9.91 Å². The quantitative estimate of drug-likeness (QED) is 0.635. The number of imide groups is 1. The smallest absolute Gasteiger partial charge is 0.416 e. The number of hydrazone groups is 1. The largest absolute Gasteiger partial charge is 0.447 e. The summed E-state index contributed by atoms with van der Waals surface area (Å²) in [5.74, 6) is -0.969. The summed E-state index contributed by atoms with van der Waals surface area (Å²) in [6.45, 7) is 3.54. The molecule has 0 N–H and O–H groups in total. The molecule has 0 aliphatic carbocycles. The number of cyclic esters (lactones) is 1. The first-order valence-electron chi connectivity index (χ1n) is 5.34. The minimum Gasteiger partial charge on any atom is -0.447 e. The molecule has 7 nitrogen and oxygen atoms in total. The standard InChI is InChI=1S/C10H13N3O4/c1-6-5-11-13(7(2)14)8(6)9(15)12-3-4-17-10(12)16/h5-6,8H,3-4H2,1-2H3/t6-,8-/m1/s1. The highest BCUT2D eigenvalue weighted by Gasteiger charge is 2.42. The molecule has 1 saturated heterocycles. The van der Waals surface area contributed by atoms with Crippen molar-refractivity contribution in [1.29, 1.82) is 0 Å². The van der Waals surface area contributed by atoms with E-state index in [0.29, 0.717) is 0 Å². The van der Waals surface area contributed by atoms with Crippen LogP contribution in [-0.2, 0) is 14.3 Å². The van der Waals surface area contributed by atoms with Crippen molar-refractivity contribution in [3.05, 3.63) is 0 Å². The number of carbonyl (C=O) groups is 3. The highest BCUT2D eigenvalue weighted by molar-refractivity contribution is 6.00. The van der Waals surface area contributed by atoms with E-state index in [1.165, 1.54) is 13.1 Å². The molecule has 0 saturated carbocycles. The Morgan fingerprint density at radius 2 is 2.24 bits per heavy atom. The lowest BCUT2D eigenvalue weighted by Gasteiger charge is -2.24. The van der Waals surface area contributed by atoms with E-state index in [-0.39, 0.29) is 25.0 Å². The summed E-state index contributed by atoms with van der Waals surface area (Å²) >= 11 is 0. The average molecular weight is 239 g/mol. The van der Waals surface area contributed by atoms with Crippen LogP contribution in [0, 0.1) is 5.92 Å². The van der Waals surface area contributed by atoms with Crippen LogP contribution in [0.5, 0.6) is 0 Å². The summed E-state index contributed by atoms with van der Waals surface area (Å²) in [6.07, 6.45) is 0.878. The van der Waals surface area contributed by atoms with E-state index in [0.717, 1.165) is 9.91 Å². The van der Waals surface area contributed by atoms with E-state index in [9.17, 15) is 14.4 Å². The van der Waals surface area contributed by atoms with E-state index in [4.69, 9.17) is 4.74 Å². The third-order valence-corrected chi connectivity index (χ3v) is 2.79. The summed E-state index contributed by atoms with van der Waals surface area (Å²) in [7, 11) is 0. The van der Waals surface area contributed by atoms with Gasteiger partial charge in [0.25, 0.3) is 5.91 Å². The summed E-state index contributed by atoms with van der Waals surface area (Å²) in [6, 6.07) is -0.738. The monoisotopic (exact) mass is 239 g/mol. The Morgan fingerprint density at radius 1 is 1.53 bits per heavy atom. The van der Waals surface area contributed by atoms with Gasteiger partial charge in [-0.3, -0.25) is 9.59 Å². The van der Waals surface area contributed by atoms with Crippen LogP contribution < -0.4 is 0 Å². The van der Waals surface area contributed by atoms with Crippen LogP contribution in [0.15, 0.2) is 5.10 Å². The van der Waals surface area contributed by atoms with Crippen molar-refractivity contribution in [2.45, 2.75) is 19.9 Å². The fourth-order valence-electron chi connectivity index (χ4n) is 1.91. The van der Waals surface area contributed by atoms with Crippen molar-refractivity contribution in [3.8, 4) is 0 Å². The van der Waals surface area contributed by atoms with Gasteiger partial charge in [0, 0.05) is 19.1 Å². The first-order valence-corrected chi connectivity index (χ1v) is 5.34. The molecular weight excluding hydrogens is 226 g/mol. The lowest BCUT2D eigenvalue weighted by atomic mass is 10.0. The molecule has 2 heterocycles. The van der Waals surface area contributed by atoms with Gasteiger partial charge in [-0.05, 0) is 0 Å². The first kappa shape index (κ1) is 11.6. The van der Waals surface area contributed by atoms with Gasteiger partial charge in [-0.25, -0.2) is 14.7 Å². The van der Waals surface area contributed by atoms with Gasteiger partial charge in [-0.2, -0.15) is 5.10 Å². The maximum absolute atomic E-state index is 12.1. The second-order valence-corrected chi connectivity index (χ2v) is 4.04. The van der Waals surface area contributed by atoms with E-state index in [1.54, 1.807) is 6.92 Å². The summed E-state index contributed by atoms with van der Waals surface area (Å²) in [4.78, 5) is 35.8. The molecule has 2 aliphatic rings. The molecule has 3 amide bonds. The predicted molar refractivity (Wildman–Crippen MR) is 57.0 cm³/mol. The molecule has 2 rings (SSSR count). The average Bonchev–Trinajstić information content (AvgIpc) is 2.83. The van der Waals surface area contributed by atoms with Crippen molar-refractivity contribution in [2.75, 3.05) is 13.2 Å². The van der Waals surface area contributed by atoms with Crippen LogP contribution in [0.1, 0.15) is 13.8 Å². The highest BCUT2D eigenvalue weighted by atomic mass is 16.6. The van der Waals surface area contributed by atoms with Crippen LogP contribution in [-0.4, -0.2) is 53.2 Å². The lowest BCUT2D eigenvalue weighted by molar-refractivity contribution is -0.142. The zero-order chi connectivity index (χ0) is 12.6. The molecule has 0 radical (unpaired) electrons. The molecule has 0 aromatic rings. The molecule has 0 aromatic heterocycles. The van der Waals surface area contributed by atoms with Crippen molar-refractivity contribution in [2.24, 2.45) is 11.0 Å². The topological polar surface area (TPSA) is 79.3 Å². The number of rotatable bonds is 1. The molecule has 2 atom stereocenters. The van der Waals surface area contributed by atoms with Crippen LogP contribution in [0.25, 0.3) is 0 Å². The predicted octanol–water partition coefficient (Wildman–Crippen LogP) is -0.182. The number of hydrogen-bond acceptors (Lipinski definition) is 5. The van der Waals surface area contributed by atoms with Gasteiger partial charge in [0.2, 0.25) is 5.91 Å². The van der Waals surface area contributed by atoms with Gasteiger partial charge >= 0.3 is 6.09 Å². The molecule has 1 fully saturated rings. The van der Waals surface area contributed by atoms with Crippen LogP contribution in [0.3, 0.4) is 0 Å². The Labute approximate surface area is 98.0 Å². The molecule has 0 spiro atoms. The zero-order valence-electron chi connectivity index (χ0n) is 9.62. The van der Waals surface area contributed by atoms with Gasteiger partial charge in [0.05, 0.1) is 6.54 Å². The number of hydrogen-bond donors (Lipinski definition) is 0. The van der Waals surface area contributed by atoms with E-state index in [2.05, 4.69) is 5.10 Å². The molecule has 0 bridgehead atoms. The molecule has 2 aliphatic heterocycles. The summed E-state index contributed by atoms with van der Waals surface area (Å²) in [5.41, 5.74) is 0. The van der Waals surface area contributed by atoms with Crippen LogP contribution in [0.2, 0.25) is 0 Å². The van der Waals surface area contributed by atoms with E-state index >= 15 is 0 Å². The van der Waals surface area contributed by atoms with E-state index in [1.807, 2.05) is 0 Å². The minimum atomic E-state index is -0.738. The number of carbonyl (C=O) groups excluding carboxylic acids is 3. The summed E-state index contributed by atoms with van der Waals surface area (Å²) in [5, 5.41) is 4.98. The number of ether oxygens (including phenoxy) is 1. The molecule has 17 heavy (non-hydrogen) atoms. The molecule has 0 unspecified atom stereocenters. The fraction of sp³-hybridized carbons (Fsp3) is 0.600. The second kappa shape index (κ2) is 4.15. The van der Waals surface area contributed by atoms with Crippen molar-refractivity contribution in [3.63, 3.8) is 0 Å². The highest BCUT2D eigenvalue weighted by Crippen LogP contribution is 2.21. The van der Waals surface area contributed by atoms with Crippen LogP contribution in [0.4, 0.5) is 4.79 Å². The third-order valence-electron chi connectivity index (χ3n) is 2.79. The second-order valence-electron chi connectivity index (χ2n) is 4.04. The number of amides is 3. The maximum atomic E-state index is 12.1. The normalized spacial score (nSPS) is 27.5. The van der Waals surface area contributed by atoms with Gasteiger partial charge in [-0.1, -0.05) is 6.92 Å². The van der Waals surface area contributed by atoms with Crippen molar-refractivity contribution < 1.29 is 19.1 Å². The maximum Gasteiger partial charge on any atom is 0.416 e. The third kappa shape index (κ3) is 1.88. The van der Waals surface area contributed by atoms with Crippen molar-refractivity contribution >= 4 is 24.1 Å². The molecule has 92 valence electrons. The molecule has 0 aromatic carbocycles. The Bertz CT molecular complexity index is 406. The van der Waals surface area contributed by atoms with E-state index < -0.39 is 18.0 Å². The van der Waals surface area contributed by atoms with Gasteiger partial charge in [-0.15, -0.1) is 0 Å². The summed E-state index contributed by atoms with van der Waals surface area (Å²) < 4.78 is 4.70. The Hall–Kier alpha value is -1.92. The zero-order valence-corrected chi connectivity index (χ0v) is 9.62. The van der Waals surface area contributed by atoms with Gasteiger partial charge in [0.15, 0.2) is 0 Å². The lowest BCUT2D eigenvalue weighted by Crippen LogP contribution is -2.49. The molecular formula is C10H13N3O4. The minimum absolute atomic E-state index is 0.201. The van der Waals surface area contributed by atoms with Gasteiger partial charge in [0.1, 0.15) is 12.6 Å². The Morgan fingerprint density at radius 3 is 2.76 bits per heavy atom. The van der Waals surface area contributed by atoms with Gasteiger partial charge < -0.3 is 4.74 Å². The first-order chi connectivity index (χ1) is 8.02. The Balaban J connectivity index is 2.18. The van der Waals surface area contributed by atoms with Crippen LogP contribution >= 0.6 is 0 Å². The molecule has 7 heteroatoms.